The van der Waals surface area contributed by atoms with E-state index in [-0.39, 0.29) is 0 Å². The Kier molecular flexibility index (Phi) is 6.18. The van der Waals surface area contributed by atoms with Gasteiger partial charge in [0.2, 0.25) is 0 Å². The minimum atomic E-state index is 0.375. The molecular weight excluding hydrogens is 400 g/mol. The molecule has 0 aliphatic rings. The number of aromatic nitrogens is 4. The minimum absolute atomic E-state index is 0.375. The Balaban J connectivity index is 1.67. The van der Waals surface area contributed by atoms with Crippen molar-refractivity contribution >= 4 is 12.0 Å². The largest absolute Gasteiger partial charge is 0.378 e. The van der Waals surface area contributed by atoms with E-state index in [9.17, 15) is 0 Å². The number of aromatic amines is 2. The van der Waals surface area contributed by atoms with Crippen LogP contribution in [0.3, 0.4) is 0 Å². The third-order valence-corrected chi connectivity index (χ3v) is 4.84. The zero-order chi connectivity index (χ0) is 22.3. The lowest BCUT2D eigenvalue weighted by molar-refractivity contribution is 0.999. The van der Waals surface area contributed by atoms with Gasteiger partial charge in [0.15, 0.2) is 0 Å². The summed E-state index contributed by atoms with van der Waals surface area (Å²) in [5.41, 5.74) is 6.70. The van der Waals surface area contributed by atoms with Gasteiger partial charge in [-0.2, -0.15) is 5.26 Å². The smallest absolute Gasteiger partial charge is 0.131 e. The number of nitriles is 1. The third-order valence-electron chi connectivity index (χ3n) is 4.84. The number of rotatable bonds is 7. The molecule has 0 radical (unpaired) electrons. The molecule has 8 nitrogen and oxygen atoms in total. The lowest BCUT2D eigenvalue weighted by atomic mass is 10.1. The van der Waals surface area contributed by atoms with Crippen LogP contribution in [0.4, 0.5) is 5.69 Å². The highest BCUT2D eigenvalue weighted by Gasteiger charge is 2.15. The SMILES string of the molecule is Cc1cccc(-c2[nH]c(CNc3cccc(CC#N)c3)nc2-c2cc/c(=N/C=N)[nH]c2)n1. The van der Waals surface area contributed by atoms with Gasteiger partial charge in [0.25, 0.3) is 0 Å². The molecule has 0 unspecified atom stereocenters. The molecule has 3 aromatic heterocycles. The Hall–Kier alpha value is -4.51. The number of H-pyrrole nitrogens is 2. The van der Waals surface area contributed by atoms with Crippen LogP contribution in [-0.2, 0) is 13.0 Å². The standard InChI is InChI=1S/C24H22N8/c1-16-4-2-7-20(30-16)24-23(18-8-9-21(28-13-18)29-15-26)31-22(32-24)14-27-19-6-3-5-17(12-19)10-11-25/h2-9,12-13,15,27H,10,14H2,1H3,(H,31,32)(H2,26,28,29). The number of aryl methyl sites for hydroxylation is 1. The Labute approximate surface area is 185 Å². The van der Waals surface area contributed by atoms with Gasteiger partial charge in [0, 0.05) is 23.1 Å². The number of pyridine rings is 2. The summed E-state index contributed by atoms with van der Waals surface area (Å²) in [6.07, 6.45) is 3.19. The van der Waals surface area contributed by atoms with Gasteiger partial charge < -0.3 is 15.3 Å². The molecular formula is C24H22N8. The molecule has 0 spiro atoms. The Bertz CT molecular complexity index is 1340. The number of nitrogens with zero attached hydrogens (tertiary/aromatic N) is 4. The first-order valence-corrected chi connectivity index (χ1v) is 10.1. The van der Waals surface area contributed by atoms with Gasteiger partial charge in [-0.25, -0.2) is 9.98 Å². The van der Waals surface area contributed by atoms with Crippen LogP contribution in [0.2, 0.25) is 0 Å². The Morgan fingerprint density at radius 2 is 2.03 bits per heavy atom. The van der Waals surface area contributed by atoms with E-state index in [1.807, 2.05) is 61.7 Å². The molecule has 0 atom stereocenters. The van der Waals surface area contributed by atoms with E-state index >= 15 is 0 Å². The molecule has 8 heteroatoms. The summed E-state index contributed by atoms with van der Waals surface area (Å²) in [5, 5.41) is 19.4. The van der Waals surface area contributed by atoms with Crippen molar-refractivity contribution in [1.29, 1.82) is 10.7 Å². The maximum absolute atomic E-state index is 8.92. The summed E-state index contributed by atoms with van der Waals surface area (Å²) < 4.78 is 0. The first kappa shape index (κ1) is 20.8. The maximum atomic E-state index is 8.92. The van der Waals surface area contributed by atoms with Gasteiger partial charge >= 0.3 is 0 Å². The molecule has 0 bridgehead atoms. The van der Waals surface area contributed by atoms with Crippen molar-refractivity contribution in [2.75, 3.05) is 5.32 Å². The van der Waals surface area contributed by atoms with Gasteiger partial charge in [0.05, 0.1) is 36.1 Å². The first-order valence-electron chi connectivity index (χ1n) is 10.1. The van der Waals surface area contributed by atoms with Crippen LogP contribution in [0.1, 0.15) is 17.1 Å². The topological polar surface area (TPSA) is 129 Å². The number of hydrogen-bond donors (Lipinski definition) is 4. The number of anilines is 1. The molecule has 1 aromatic carbocycles. The van der Waals surface area contributed by atoms with E-state index in [2.05, 4.69) is 31.3 Å². The van der Waals surface area contributed by atoms with Crippen molar-refractivity contribution in [2.45, 2.75) is 19.9 Å². The molecule has 32 heavy (non-hydrogen) atoms. The number of hydrogen-bond acceptors (Lipinski definition) is 5. The molecule has 0 saturated heterocycles. The average molecular weight is 422 g/mol. The number of benzene rings is 1. The lowest BCUT2D eigenvalue weighted by Gasteiger charge is -2.05. The molecule has 3 heterocycles. The van der Waals surface area contributed by atoms with Crippen LogP contribution in [-0.4, -0.2) is 26.3 Å². The van der Waals surface area contributed by atoms with Crippen LogP contribution < -0.4 is 10.8 Å². The zero-order valence-electron chi connectivity index (χ0n) is 17.6. The fourth-order valence-corrected chi connectivity index (χ4v) is 3.36. The van der Waals surface area contributed by atoms with E-state index < -0.39 is 0 Å². The molecule has 0 aliphatic heterocycles. The lowest BCUT2D eigenvalue weighted by Crippen LogP contribution is -2.05. The Morgan fingerprint density at radius 1 is 1.16 bits per heavy atom. The summed E-state index contributed by atoms with van der Waals surface area (Å²) in [5.74, 6) is 0.761. The molecule has 0 aliphatic carbocycles. The third kappa shape index (κ3) is 4.79. The van der Waals surface area contributed by atoms with E-state index in [0.29, 0.717) is 18.5 Å². The maximum Gasteiger partial charge on any atom is 0.131 e. The molecule has 4 N–H and O–H groups in total. The highest BCUT2D eigenvalue weighted by Crippen LogP contribution is 2.28. The summed E-state index contributed by atoms with van der Waals surface area (Å²) in [6.45, 7) is 2.44. The van der Waals surface area contributed by atoms with Crippen LogP contribution >= 0.6 is 0 Å². The monoisotopic (exact) mass is 422 g/mol. The predicted molar refractivity (Wildman–Crippen MR) is 124 cm³/mol. The molecule has 4 rings (SSSR count). The second-order valence-electron chi connectivity index (χ2n) is 7.18. The van der Waals surface area contributed by atoms with Crippen molar-refractivity contribution in [3.63, 3.8) is 0 Å². The Morgan fingerprint density at radius 3 is 2.78 bits per heavy atom. The van der Waals surface area contributed by atoms with Gasteiger partial charge in [-0.3, -0.25) is 10.4 Å². The molecule has 0 fully saturated rings. The van der Waals surface area contributed by atoms with Gasteiger partial charge in [-0.05, 0) is 48.9 Å². The summed E-state index contributed by atoms with van der Waals surface area (Å²) in [7, 11) is 0. The summed E-state index contributed by atoms with van der Waals surface area (Å²) in [4.78, 5) is 19.9. The number of imidazole rings is 1. The minimum Gasteiger partial charge on any atom is -0.378 e. The molecule has 0 amide bonds. The molecule has 158 valence electrons. The summed E-state index contributed by atoms with van der Waals surface area (Å²) in [6, 6.07) is 19.6. The predicted octanol–water partition coefficient (Wildman–Crippen LogP) is 3.96. The van der Waals surface area contributed by atoms with E-state index in [0.717, 1.165) is 51.8 Å². The quantitative estimate of drug-likeness (QED) is 0.265. The van der Waals surface area contributed by atoms with Crippen molar-refractivity contribution < 1.29 is 0 Å². The normalized spacial score (nSPS) is 11.2. The van der Waals surface area contributed by atoms with Crippen LogP contribution in [0.15, 0.2) is 65.8 Å². The zero-order valence-corrected chi connectivity index (χ0v) is 17.6. The average Bonchev–Trinajstić information content (AvgIpc) is 3.23. The van der Waals surface area contributed by atoms with Crippen molar-refractivity contribution in [3.8, 4) is 28.7 Å². The van der Waals surface area contributed by atoms with Gasteiger partial charge in [-0.15, -0.1) is 0 Å². The first-order chi connectivity index (χ1) is 15.7. The summed E-state index contributed by atoms with van der Waals surface area (Å²) >= 11 is 0. The van der Waals surface area contributed by atoms with Crippen LogP contribution in [0.25, 0.3) is 22.6 Å². The van der Waals surface area contributed by atoms with Gasteiger partial charge in [-0.1, -0.05) is 18.2 Å². The van der Waals surface area contributed by atoms with E-state index in [4.69, 9.17) is 15.7 Å². The van der Waals surface area contributed by atoms with Crippen molar-refractivity contribution in [2.24, 2.45) is 4.99 Å². The second-order valence-corrected chi connectivity index (χ2v) is 7.18. The van der Waals surface area contributed by atoms with E-state index in [1.54, 1.807) is 6.07 Å². The van der Waals surface area contributed by atoms with E-state index in [1.165, 1.54) is 0 Å². The van der Waals surface area contributed by atoms with Crippen molar-refractivity contribution in [1.82, 2.24) is 19.9 Å². The van der Waals surface area contributed by atoms with Crippen molar-refractivity contribution in [3.05, 3.63) is 83.4 Å². The highest BCUT2D eigenvalue weighted by atomic mass is 15.0. The van der Waals surface area contributed by atoms with Crippen LogP contribution in [0.5, 0.6) is 0 Å². The number of nitrogens with one attached hydrogen (secondary N) is 4. The fraction of sp³-hybridized carbons (Fsp3) is 0.125. The van der Waals surface area contributed by atoms with Gasteiger partial charge in [0.1, 0.15) is 17.7 Å². The van der Waals surface area contributed by atoms with Crippen LogP contribution in [0, 0.1) is 23.7 Å². The fourth-order valence-electron chi connectivity index (χ4n) is 3.36. The molecule has 4 aromatic rings. The molecule has 0 saturated carbocycles. The second kappa shape index (κ2) is 9.53. The highest BCUT2D eigenvalue weighted by molar-refractivity contribution is 5.76.